The molecule has 0 saturated carbocycles. The summed E-state index contributed by atoms with van der Waals surface area (Å²) in [5.74, 6) is 0.885. The predicted octanol–water partition coefficient (Wildman–Crippen LogP) is 5.22. The standard InChI is InChI=1S/C30H32FN5O3/c1-4-39-23-15-13-22(14-16-23)36-28(32-26-11-7-5-9-24(26)29(36)37)21(3)34-17-18-35(20(2)19-34)30(38)33-27-12-8-6-10-25(27)31/h5-16,20-21H,4,17-19H2,1-3H3,(H,33,38). The monoisotopic (exact) mass is 529 g/mol. The maximum atomic E-state index is 14.1. The van der Waals surface area contributed by atoms with Gasteiger partial charge in [-0.25, -0.2) is 14.2 Å². The number of anilines is 1. The third-order valence-corrected chi connectivity index (χ3v) is 7.16. The molecule has 9 heteroatoms. The topological polar surface area (TPSA) is 79.7 Å². The Morgan fingerprint density at radius 2 is 1.79 bits per heavy atom. The van der Waals surface area contributed by atoms with E-state index in [1.165, 1.54) is 6.07 Å². The number of nitrogens with zero attached hydrogens (tertiary/aromatic N) is 4. The summed E-state index contributed by atoms with van der Waals surface area (Å²) in [5.41, 5.74) is 1.37. The Morgan fingerprint density at radius 1 is 1.08 bits per heavy atom. The zero-order valence-corrected chi connectivity index (χ0v) is 22.3. The number of ether oxygens (including phenoxy) is 1. The van der Waals surface area contributed by atoms with Crippen molar-refractivity contribution in [2.75, 3.05) is 31.6 Å². The van der Waals surface area contributed by atoms with Crippen molar-refractivity contribution in [1.29, 1.82) is 0 Å². The van der Waals surface area contributed by atoms with Gasteiger partial charge in [0.05, 0.1) is 34.9 Å². The fraction of sp³-hybridized carbons (Fsp3) is 0.300. The summed E-state index contributed by atoms with van der Waals surface area (Å²) < 4.78 is 21.3. The van der Waals surface area contributed by atoms with Crippen molar-refractivity contribution in [3.05, 3.63) is 94.8 Å². The molecule has 2 unspecified atom stereocenters. The molecular weight excluding hydrogens is 497 g/mol. The summed E-state index contributed by atoms with van der Waals surface area (Å²) in [7, 11) is 0. The van der Waals surface area contributed by atoms with E-state index in [0.29, 0.717) is 48.7 Å². The second-order valence-corrected chi connectivity index (χ2v) is 9.68. The minimum absolute atomic E-state index is 0.137. The van der Waals surface area contributed by atoms with Crippen LogP contribution in [-0.2, 0) is 0 Å². The summed E-state index contributed by atoms with van der Waals surface area (Å²) in [6.07, 6.45) is 0. The first-order valence-corrected chi connectivity index (χ1v) is 13.2. The Labute approximate surface area is 226 Å². The molecule has 0 spiro atoms. The molecule has 8 nitrogen and oxygen atoms in total. The summed E-state index contributed by atoms with van der Waals surface area (Å²) in [5, 5.41) is 3.23. The van der Waals surface area contributed by atoms with Gasteiger partial charge in [0.15, 0.2) is 0 Å². The number of aromatic nitrogens is 2. The zero-order valence-electron chi connectivity index (χ0n) is 22.3. The number of rotatable bonds is 6. The van der Waals surface area contributed by atoms with Gasteiger partial charge in [-0.05, 0) is 69.3 Å². The van der Waals surface area contributed by atoms with Crippen LogP contribution in [0.1, 0.15) is 32.6 Å². The van der Waals surface area contributed by atoms with Crippen LogP contribution in [0.5, 0.6) is 5.75 Å². The van der Waals surface area contributed by atoms with Crippen molar-refractivity contribution in [3.63, 3.8) is 0 Å². The van der Waals surface area contributed by atoms with Crippen LogP contribution in [0.4, 0.5) is 14.9 Å². The van der Waals surface area contributed by atoms with Crippen LogP contribution >= 0.6 is 0 Å². The highest BCUT2D eigenvalue weighted by molar-refractivity contribution is 5.89. The van der Waals surface area contributed by atoms with Crippen LogP contribution in [0.2, 0.25) is 0 Å². The molecule has 1 N–H and O–H groups in total. The van der Waals surface area contributed by atoms with Crippen LogP contribution in [0.3, 0.4) is 0 Å². The molecule has 1 aliphatic rings. The average molecular weight is 530 g/mol. The third kappa shape index (κ3) is 5.35. The van der Waals surface area contributed by atoms with Gasteiger partial charge < -0.3 is 15.0 Å². The number of halogens is 1. The van der Waals surface area contributed by atoms with Crippen LogP contribution in [-0.4, -0.2) is 57.7 Å². The van der Waals surface area contributed by atoms with Gasteiger partial charge in [0.2, 0.25) is 0 Å². The van der Waals surface area contributed by atoms with Gasteiger partial charge in [-0.1, -0.05) is 24.3 Å². The highest BCUT2D eigenvalue weighted by atomic mass is 19.1. The number of carbonyl (C=O) groups is 1. The molecule has 0 aliphatic carbocycles. The highest BCUT2D eigenvalue weighted by Crippen LogP contribution is 2.26. The molecule has 2 amide bonds. The number of piperazine rings is 1. The molecule has 5 rings (SSSR count). The smallest absolute Gasteiger partial charge is 0.322 e. The van der Waals surface area contributed by atoms with Gasteiger partial charge in [-0.3, -0.25) is 14.3 Å². The van der Waals surface area contributed by atoms with Gasteiger partial charge in [-0.2, -0.15) is 0 Å². The number of para-hydroxylation sites is 2. The summed E-state index contributed by atoms with van der Waals surface area (Å²) in [4.78, 5) is 35.6. The molecule has 1 saturated heterocycles. The number of carbonyl (C=O) groups excluding carboxylic acids is 1. The number of amides is 2. The molecule has 4 aromatic rings. The molecular formula is C30H32FN5O3. The van der Waals surface area contributed by atoms with E-state index in [4.69, 9.17) is 9.72 Å². The maximum Gasteiger partial charge on any atom is 0.322 e. The fourth-order valence-corrected chi connectivity index (χ4v) is 5.09. The minimum atomic E-state index is -0.472. The van der Waals surface area contributed by atoms with Crippen molar-refractivity contribution >= 4 is 22.6 Å². The third-order valence-electron chi connectivity index (χ3n) is 7.16. The van der Waals surface area contributed by atoms with E-state index in [-0.39, 0.29) is 29.4 Å². The van der Waals surface area contributed by atoms with Crippen LogP contribution in [0.15, 0.2) is 77.6 Å². The van der Waals surface area contributed by atoms with Gasteiger partial charge in [0.1, 0.15) is 17.4 Å². The molecule has 1 aromatic heterocycles. The lowest BCUT2D eigenvalue weighted by Gasteiger charge is -2.42. The number of fused-ring (bicyclic) bond motifs is 1. The number of nitrogens with one attached hydrogen (secondary N) is 1. The van der Waals surface area contributed by atoms with Crippen molar-refractivity contribution in [1.82, 2.24) is 19.4 Å². The van der Waals surface area contributed by atoms with E-state index in [1.54, 1.807) is 33.7 Å². The Balaban J connectivity index is 1.42. The fourth-order valence-electron chi connectivity index (χ4n) is 5.09. The van der Waals surface area contributed by atoms with E-state index in [1.807, 2.05) is 63.2 Å². The van der Waals surface area contributed by atoms with Gasteiger partial charge in [-0.15, -0.1) is 0 Å². The van der Waals surface area contributed by atoms with Crippen molar-refractivity contribution in [2.24, 2.45) is 0 Å². The minimum Gasteiger partial charge on any atom is -0.494 e. The first kappa shape index (κ1) is 26.4. The molecule has 2 heterocycles. The average Bonchev–Trinajstić information content (AvgIpc) is 2.94. The first-order chi connectivity index (χ1) is 18.9. The van der Waals surface area contributed by atoms with Gasteiger partial charge in [0.25, 0.3) is 5.56 Å². The highest BCUT2D eigenvalue weighted by Gasteiger charge is 2.32. The number of benzene rings is 3. The van der Waals surface area contributed by atoms with E-state index >= 15 is 0 Å². The van der Waals surface area contributed by atoms with Crippen molar-refractivity contribution < 1.29 is 13.9 Å². The first-order valence-electron chi connectivity index (χ1n) is 13.2. The molecule has 0 radical (unpaired) electrons. The van der Waals surface area contributed by atoms with E-state index < -0.39 is 5.82 Å². The molecule has 1 fully saturated rings. The Hall–Kier alpha value is -4.24. The van der Waals surface area contributed by atoms with Crippen molar-refractivity contribution in [3.8, 4) is 11.4 Å². The van der Waals surface area contributed by atoms with Crippen LogP contribution in [0, 0.1) is 5.82 Å². The number of hydrogen-bond donors (Lipinski definition) is 1. The predicted molar refractivity (Wildman–Crippen MR) is 150 cm³/mol. The lowest BCUT2D eigenvalue weighted by Crippen LogP contribution is -2.55. The summed E-state index contributed by atoms with van der Waals surface area (Å²) in [6.45, 7) is 8.07. The SMILES string of the molecule is CCOc1ccc(-n2c(C(C)N3CCN(C(=O)Nc4ccccc4F)C(C)C3)nc3ccccc3c2=O)cc1. The summed E-state index contributed by atoms with van der Waals surface area (Å²) >= 11 is 0. The lowest BCUT2D eigenvalue weighted by atomic mass is 10.1. The van der Waals surface area contributed by atoms with Gasteiger partial charge >= 0.3 is 6.03 Å². The van der Waals surface area contributed by atoms with Crippen LogP contribution < -0.4 is 15.6 Å². The maximum absolute atomic E-state index is 14.1. The summed E-state index contributed by atoms with van der Waals surface area (Å²) in [6, 6.07) is 20.2. The molecule has 3 aromatic carbocycles. The second kappa shape index (κ2) is 11.2. The van der Waals surface area contributed by atoms with Gasteiger partial charge in [0, 0.05) is 25.7 Å². The Bertz CT molecular complexity index is 1540. The largest absolute Gasteiger partial charge is 0.494 e. The molecule has 1 aliphatic heterocycles. The molecule has 0 bridgehead atoms. The van der Waals surface area contributed by atoms with E-state index in [9.17, 15) is 14.0 Å². The van der Waals surface area contributed by atoms with E-state index in [2.05, 4.69) is 10.2 Å². The number of hydrogen-bond acceptors (Lipinski definition) is 5. The quantitative estimate of drug-likeness (QED) is 0.370. The normalized spacial score (nSPS) is 16.7. The molecule has 202 valence electrons. The lowest BCUT2D eigenvalue weighted by molar-refractivity contribution is 0.0801. The zero-order chi connectivity index (χ0) is 27.5. The Morgan fingerprint density at radius 3 is 2.51 bits per heavy atom. The van der Waals surface area contributed by atoms with Crippen molar-refractivity contribution in [2.45, 2.75) is 32.9 Å². The van der Waals surface area contributed by atoms with Crippen LogP contribution in [0.25, 0.3) is 16.6 Å². The number of urea groups is 1. The van der Waals surface area contributed by atoms with E-state index in [0.717, 1.165) is 5.75 Å². The molecule has 2 atom stereocenters. The molecule has 39 heavy (non-hydrogen) atoms. The second-order valence-electron chi connectivity index (χ2n) is 9.68. The Kier molecular flexibility index (Phi) is 7.60.